The highest BCUT2D eigenvalue weighted by molar-refractivity contribution is 5.81. The second kappa shape index (κ2) is 13.6. The van der Waals surface area contributed by atoms with Gasteiger partial charge in [-0.3, -0.25) is 0 Å². The summed E-state index contributed by atoms with van der Waals surface area (Å²) in [7, 11) is 0. The molecule has 2 nitrogen and oxygen atoms in total. The Balaban J connectivity index is 1.88. The van der Waals surface area contributed by atoms with Crippen LogP contribution in [0.3, 0.4) is 0 Å². The van der Waals surface area contributed by atoms with E-state index >= 15 is 0 Å². The van der Waals surface area contributed by atoms with Crippen molar-refractivity contribution in [2.24, 2.45) is 5.92 Å². The van der Waals surface area contributed by atoms with Crippen LogP contribution in [0.4, 0.5) is 0 Å². The molecule has 134 valence electrons. The molecule has 0 atom stereocenters. The number of carbonyl (C=O) groups is 1. The molecular formula is C21H38O2. The first-order chi connectivity index (χ1) is 11.3. The smallest absolute Gasteiger partial charge is 0.330 e. The second-order valence-electron chi connectivity index (χ2n) is 7.25. The van der Waals surface area contributed by atoms with Gasteiger partial charge in [-0.25, -0.2) is 4.79 Å². The molecule has 23 heavy (non-hydrogen) atoms. The normalized spacial score (nSPS) is 21.1. The molecule has 0 spiro atoms. The predicted octanol–water partition coefficient (Wildman–Crippen LogP) is 6.59. The van der Waals surface area contributed by atoms with Gasteiger partial charge in [0.05, 0.1) is 0 Å². The molecule has 1 aliphatic rings. The molecule has 0 aromatic rings. The van der Waals surface area contributed by atoms with Gasteiger partial charge >= 0.3 is 5.97 Å². The van der Waals surface area contributed by atoms with Crippen LogP contribution >= 0.6 is 0 Å². The Morgan fingerprint density at radius 3 is 1.96 bits per heavy atom. The Kier molecular flexibility index (Phi) is 12.0. The molecule has 0 N–H and O–H groups in total. The topological polar surface area (TPSA) is 26.3 Å². The number of hydrogen-bond acceptors (Lipinski definition) is 2. The first-order valence-electron chi connectivity index (χ1n) is 10.1. The molecule has 1 aliphatic carbocycles. The van der Waals surface area contributed by atoms with Gasteiger partial charge < -0.3 is 4.74 Å². The van der Waals surface area contributed by atoms with Crippen LogP contribution in [-0.4, -0.2) is 12.1 Å². The first kappa shape index (κ1) is 20.3. The van der Waals surface area contributed by atoms with E-state index in [0.717, 1.165) is 18.8 Å². The maximum atomic E-state index is 11.2. The van der Waals surface area contributed by atoms with Crippen molar-refractivity contribution in [3.05, 3.63) is 12.7 Å². The molecule has 1 saturated carbocycles. The Morgan fingerprint density at radius 1 is 0.913 bits per heavy atom. The minimum atomic E-state index is -0.261. The maximum absolute atomic E-state index is 11.2. The molecule has 0 saturated heterocycles. The SMILES string of the molecule is C=CC(=O)OC1CCC(CCCCCCCCCCCC)CC1. The minimum absolute atomic E-state index is 0.143. The molecule has 0 unspecified atom stereocenters. The lowest BCUT2D eigenvalue weighted by molar-refractivity contribution is -0.144. The van der Waals surface area contributed by atoms with Crippen LogP contribution in [0, 0.1) is 5.92 Å². The predicted molar refractivity (Wildman–Crippen MR) is 98.5 cm³/mol. The summed E-state index contributed by atoms with van der Waals surface area (Å²) in [6.45, 7) is 5.73. The van der Waals surface area contributed by atoms with E-state index in [9.17, 15) is 4.79 Å². The third kappa shape index (κ3) is 10.6. The highest BCUT2D eigenvalue weighted by atomic mass is 16.5. The molecule has 0 bridgehead atoms. The van der Waals surface area contributed by atoms with E-state index in [2.05, 4.69) is 13.5 Å². The quantitative estimate of drug-likeness (QED) is 0.217. The third-order valence-electron chi connectivity index (χ3n) is 5.21. The molecule has 1 fully saturated rings. The molecule has 0 radical (unpaired) electrons. The zero-order chi connectivity index (χ0) is 16.8. The van der Waals surface area contributed by atoms with Gasteiger partial charge in [-0.15, -0.1) is 0 Å². The van der Waals surface area contributed by atoms with Gasteiger partial charge in [0.1, 0.15) is 6.10 Å². The molecule has 0 amide bonds. The van der Waals surface area contributed by atoms with Crippen molar-refractivity contribution in [1.82, 2.24) is 0 Å². The summed E-state index contributed by atoms with van der Waals surface area (Å²) in [6.07, 6.45) is 21.5. The molecule has 0 aliphatic heterocycles. The zero-order valence-electron chi connectivity index (χ0n) is 15.4. The summed E-state index contributed by atoms with van der Waals surface area (Å²) in [5.41, 5.74) is 0. The standard InChI is InChI=1S/C21H38O2/c1-3-5-6-7-8-9-10-11-12-13-14-19-15-17-20(18-16-19)23-21(22)4-2/h4,19-20H,2-3,5-18H2,1H3. The van der Waals surface area contributed by atoms with E-state index < -0.39 is 0 Å². The molecule has 0 aromatic carbocycles. The fraction of sp³-hybridized carbons (Fsp3) is 0.857. The van der Waals surface area contributed by atoms with Crippen molar-refractivity contribution < 1.29 is 9.53 Å². The van der Waals surface area contributed by atoms with Crippen LogP contribution in [0.25, 0.3) is 0 Å². The fourth-order valence-corrected chi connectivity index (χ4v) is 3.67. The van der Waals surface area contributed by atoms with E-state index in [1.165, 1.54) is 89.5 Å². The van der Waals surface area contributed by atoms with Crippen molar-refractivity contribution >= 4 is 5.97 Å². The number of carbonyl (C=O) groups excluding carboxylic acids is 1. The fourth-order valence-electron chi connectivity index (χ4n) is 3.67. The van der Waals surface area contributed by atoms with Crippen LogP contribution in [0.1, 0.15) is 103 Å². The van der Waals surface area contributed by atoms with Crippen LogP contribution in [-0.2, 0) is 9.53 Å². The lowest BCUT2D eigenvalue weighted by atomic mass is 9.84. The largest absolute Gasteiger partial charge is 0.459 e. The summed E-state index contributed by atoms with van der Waals surface area (Å²) in [5, 5.41) is 0. The van der Waals surface area contributed by atoms with Gasteiger partial charge in [0, 0.05) is 6.08 Å². The number of esters is 1. The third-order valence-corrected chi connectivity index (χ3v) is 5.21. The van der Waals surface area contributed by atoms with Gasteiger partial charge in [-0.2, -0.15) is 0 Å². The van der Waals surface area contributed by atoms with Crippen LogP contribution < -0.4 is 0 Å². The summed E-state index contributed by atoms with van der Waals surface area (Å²) in [6, 6.07) is 0. The molecule has 0 aromatic heterocycles. The first-order valence-corrected chi connectivity index (χ1v) is 10.1. The molecular weight excluding hydrogens is 284 g/mol. The zero-order valence-corrected chi connectivity index (χ0v) is 15.4. The van der Waals surface area contributed by atoms with Crippen molar-refractivity contribution in [2.75, 3.05) is 0 Å². The maximum Gasteiger partial charge on any atom is 0.330 e. The molecule has 1 rings (SSSR count). The summed E-state index contributed by atoms with van der Waals surface area (Å²) >= 11 is 0. The van der Waals surface area contributed by atoms with Gasteiger partial charge in [-0.1, -0.05) is 84.1 Å². The van der Waals surface area contributed by atoms with Crippen molar-refractivity contribution in [3.63, 3.8) is 0 Å². The summed E-state index contributed by atoms with van der Waals surface area (Å²) in [4.78, 5) is 11.2. The Morgan fingerprint density at radius 2 is 1.43 bits per heavy atom. The summed E-state index contributed by atoms with van der Waals surface area (Å²) < 4.78 is 5.34. The van der Waals surface area contributed by atoms with Crippen LogP contribution in [0.5, 0.6) is 0 Å². The van der Waals surface area contributed by atoms with Gasteiger partial charge in [0.25, 0.3) is 0 Å². The van der Waals surface area contributed by atoms with Crippen molar-refractivity contribution in [1.29, 1.82) is 0 Å². The lowest BCUT2D eigenvalue weighted by Crippen LogP contribution is -2.23. The number of rotatable bonds is 13. The average molecular weight is 323 g/mol. The van der Waals surface area contributed by atoms with E-state index in [1.54, 1.807) is 0 Å². The van der Waals surface area contributed by atoms with Crippen molar-refractivity contribution in [3.8, 4) is 0 Å². The van der Waals surface area contributed by atoms with Gasteiger partial charge in [-0.05, 0) is 31.6 Å². The van der Waals surface area contributed by atoms with E-state index in [-0.39, 0.29) is 12.1 Å². The molecule has 0 heterocycles. The number of hydrogen-bond donors (Lipinski definition) is 0. The van der Waals surface area contributed by atoms with Crippen LogP contribution in [0.15, 0.2) is 12.7 Å². The minimum Gasteiger partial charge on any atom is -0.459 e. The van der Waals surface area contributed by atoms with E-state index in [1.807, 2.05) is 0 Å². The highest BCUT2D eigenvalue weighted by Crippen LogP contribution is 2.30. The highest BCUT2D eigenvalue weighted by Gasteiger charge is 2.22. The number of ether oxygens (including phenoxy) is 1. The van der Waals surface area contributed by atoms with Gasteiger partial charge in [0.15, 0.2) is 0 Å². The average Bonchev–Trinajstić information content (AvgIpc) is 2.58. The van der Waals surface area contributed by atoms with Crippen molar-refractivity contribution in [2.45, 2.75) is 109 Å². The Bertz CT molecular complexity index is 303. The number of unbranched alkanes of at least 4 members (excludes halogenated alkanes) is 9. The molecule has 2 heteroatoms. The van der Waals surface area contributed by atoms with Crippen LogP contribution in [0.2, 0.25) is 0 Å². The van der Waals surface area contributed by atoms with E-state index in [0.29, 0.717) is 0 Å². The van der Waals surface area contributed by atoms with Gasteiger partial charge in [0.2, 0.25) is 0 Å². The Labute approximate surface area is 144 Å². The summed E-state index contributed by atoms with van der Waals surface area (Å²) in [5.74, 6) is 0.603. The Hall–Kier alpha value is -0.790. The monoisotopic (exact) mass is 322 g/mol. The lowest BCUT2D eigenvalue weighted by Gasteiger charge is -2.28. The second-order valence-corrected chi connectivity index (χ2v) is 7.25. The van der Waals surface area contributed by atoms with E-state index in [4.69, 9.17) is 4.74 Å².